The van der Waals surface area contributed by atoms with E-state index in [-0.39, 0.29) is 5.56 Å². The first kappa shape index (κ1) is 20.6. The Kier molecular flexibility index (Phi) is 6.28. The van der Waals surface area contributed by atoms with E-state index in [2.05, 4.69) is 0 Å². The Morgan fingerprint density at radius 3 is 2.00 bits per heavy atom. The number of carboxylic acids is 1. The summed E-state index contributed by atoms with van der Waals surface area (Å²) >= 11 is 0. The quantitative estimate of drug-likeness (QED) is 0.836. The minimum absolute atomic E-state index is 0.0450. The summed E-state index contributed by atoms with van der Waals surface area (Å²) in [6.45, 7) is 4.61. The van der Waals surface area contributed by atoms with Gasteiger partial charge in [0.1, 0.15) is 11.4 Å². The molecule has 0 fully saturated rings. The predicted octanol–water partition coefficient (Wildman–Crippen LogP) is 3.52. The van der Waals surface area contributed by atoms with Crippen LogP contribution >= 0.6 is 0 Å². The Labute approximate surface area is 142 Å². The second-order valence-corrected chi connectivity index (χ2v) is 6.25. The number of nitrogens with one attached hydrogen (secondary N) is 1. The number of alkyl halides is 3. The highest BCUT2D eigenvalue weighted by Crippen LogP contribution is 2.37. The van der Waals surface area contributed by atoms with Crippen molar-refractivity contribution < 1.29 is 37.3 Å². The number of amides is 1. The van der Waals surface area contributed by atoms with Crippen molar-refractivity contribution in [1.29, 1.82) is 0 Å². The summed E-state index contributed by atoms with van der Waals surface area (Å²) in [7, 11) is 1.38. The minimum atomic E-state index is -5.08. The summed E-state index contributed by atoms with van der Waals surface area (Å²) in [5.74, 6) is -4.57. The highest BCUT2D eigenvalue weighted by molar-refractivity contribution is 5.75. The van der Waals surface area contributed by atoms with E-state index in [0.717, 1.165) is 0 Å². The van der Waals surface area contributed by atoms with Crippen LogP contribution < -0.4 is 10.1 Å². The Balaban J connectivity index is 3.24. The molecule has 1 rings (SSSR count). The molecule has 1 aromatic carbocycles. The van der Waals surface area contributed by atoms with Crippen LogP contribution in [0.25, 0.3) is 0 Å². The molecule has 0 aliphatic heterocycles. The van der Waals surface area contributed by atoms with Gasteiger partial charge in [-0.3, -0.25) is 4.79 Å². The van der Waals surface area contributed by atoms with E-state index in [1.54, 1.807) is 0 Å². The third-order valence-corrected chi connectivity index (χ3v) is 3.10. The molecule has 2 atom stereocenters. The second kappa shape index (κ2) is 7.62. The average Bonchev–Trinajstić information content (AvgIpc) is 2.42. The van der Waals surface area contributed by atoms with Gasteiger partial charge in [0.15, 0.2) is 5.92 Å². The molecule has 0 saturated carbocycles. The van der Waals surface area contributed by atoms with Gasteiger partial charge in [-0.05, 0) is 38.5 Å². The van der Waals surface area contributed by atoms with E-state index in [0.29, 0.717) is 5.75 Å². The lowest BCUT2D eigenvalue weighted by Gasteiger charge is -2.28. The highest BCUT2D eigenvalue weighted by Gasteiger charge is 2.51. The summed E-state index contributed by atoms with van der Waals surface area (Å²) in [6, 6.07) is 3.38. The van der Waals surface area contributed by atoms with Crippen molar-refractivity contribution >= 4 is 12.1 Å². The third kappa shape index (κ3) is 6.17. The van der Waals surface area contributed by atoms with Crippen LogP contribution in [0.5, 0.6) is 5.75 Å². The van der Waals surface area contributed by atoms with Gasteiger partial charge in [-0.25, -0.2) is 4.79 Å². The van der Waals surface area contributed by atoms with Gasteiger partial charge in [0.2, 0.25) is 0 Å². The summed E-state index contributed by atoms with van der Waals surface area (Å²) in [5, 5.41) is 11.1. The van der Waals surface area contributed by atoms with E-state index < -0.39 is 35.8 Å². The molecule has 0 spiro atoms. The molecule has 2 N–H and O–H groups in total. The van der Waals surface area contributed by atoms with Gasteiger partial charge >= 0.3 is 18.2 Å². The zero-order chi connectivity index (χ0) is 19.4. The number of carbonyl (C=O) groups excluding carboxylic acids is 1. The number of carbonyl (C=O) groups is 2. The lowest BCUT2D eigenvalue weighted by molar-refractivity contribution is -0.199. The first-order chi connectivity index (χ1) is 11.3. The molecule has 0 aromatic heterocycles. The van der Waals surface area contributed by atoms with Crippen LogP contribution in [0, 0.1) is 5.92 Å². The fraction of sp³-hybridized carbons (Fsp3) is 0.500. The van der Waals surface area contributed by atoms with Gasteiger partial charge < -0.3 is 19.9 Å². The van der Waals surface area contributed by atoms with Gasteiger partial charge in [0, 0.05) is 0 Å². The number of methoxy groups -OCH3 is 1. The second-order valence-electron chi connectivity index (χ2n) is 6.25. The molecule has 0 radical (unpaired) electrons. The number of aliphatic carboxylic acids is 1. The molecule has 0 unspecified atom stereocenters. The van der Waals surface area contributed by atoms with E-state index in [9.17, 15) is 22.8 Å². The van der Waals surface area contributed by atoms with Crippen LogP contribution in [-0.2, 0) is 9.53 Å². The normalized spacial score (nSPS) is 14.4. The number of hydrogen-bond donors (Lipinski definition) is 2. The summed E-state index contributed by atoms with van der Waals surface area (Å²) in [5.41, 5.74) is -0.998. The molecule has 0 bridgehead atoms. The monoisotopic (exact) mass is 363 g/mol. The van der Waals surface area contributed by atoms with Crippen LogP contribution in [-0.4, -0.2) is 36.1 Å². The fourth-order valence-electron chi connectivity index (χ4n) is 2.08. The largest absolute Gasteiger partial charge is 0.497 e. The standard InChI is InChI=1S/C16H20F3NO5/c1-15(2,3)25-14(23)20-12(11(13(21)22)16(17,18)19)9-5-7-10(24-4)8-6-9/h5-8,11-12H,1-4H3,(H,20,23)(H,21,22)/t11-,12+/m0/s1. The topological polar surface area (TPSA) is 84.9 Å². The van der Waals surface area contributed by atoms with Gasteiger partial charge in [0.05, 0.1) is 13.2 Å². The Morgan fingerprint density at radius 1 is 1.12 bits per heavy atom. The maximum absolute atomic E-state index is 13.2. The van der Waals surface area contributed by atoms with E-state index >= 15 is 0 Å². The van der Waals surface area contributed by atoms with Crippen molar-refractivity contribution in [2.24, 2.45) is 5.92 Å². The van der Waals surface area contributed by atoms with E-state index in [1.165, 1.54) is 52.1 Å². The Bertz CT molecular complexity index is 608. The lowest BCUT2D eigenvalue weighted by Crippen LogP contribution is -2.45. The molecule has 9 heteroatoms. The molecule has 1 aromatic rings. The molecule has 0 aliphatic rings. The van der Waals surface area contributed by atoms with Crippen molar-refractivity contribution in [3.8, 4) is 5.75 Å². The number of rotatable bonds is 5. The number of hydrogen-bond acceptors (Lipinski definition) is 4. The summed E-state index contributed by atoms with van der Waals surface area (Å²) in [6.07, 6.45) is -6.23. The zero-order valence-corrected chi connectivity index (χ0v) is 14.2. The number of halogens is 3. The Hall–Kier alpha value is -2.45. The first-order valence-electron chi connectivity index (χ1n) is 7.28. The van der Waals surface area contributed by atoms with Gasteiger partial charge in [-0.2, -0.15) is 13.2 Å². The van der Waals surface area contributed by atoms with Crippen molar-refractivity contribution in [3.05, 3.63) is 29.8 Å². The molecular weight excluding hydrogens is 343 g/mol. The summed E-state index contributed by atoms with van der Waals surface area (Å²) < 4.78 is 49.6. The van der Waals surface area contributed by atoms with Crippen LogP contribution in [0.3, 0.4) is 0 Å². The molecule has 25 heavy (non-hydrogen) atoms. The molecule has 0 aliphatic carbocycles. The van der Waals surface area contributed by atoms with Crippen molar-refractivity contribution in [2.45, 2.75) is 38.6 Å². The van der Waals surface area contributed by atoms with E-state index in [4.69, 9.17) is 14.6 Å². The van der Waals surface area contributed by atoms with Gasteiger partial charge in [-0.15, -0.1) is 0 Å². The maximum atomic E-state index is 13.2. The lowest BCUT2D eigenvalue weighted by atomic mass is 9.92. The van der Waals surface area contributed by atoms with Crippen LogP contribution in [0.2, 0.25) is 0 Å². The Morgan fingerprint density at radius 2 is 1.64 bits per heavy atom. The zero-order valence-electron chi connectivity index (χ0n) is 14.2. The molecule has 6 nitrogen and oxygen atoms in total. The number of benzene rings is 1. The van der Waals surface area contributed by atoms with E-state index in [1.807, 2.05) is 5.32 Å². The highest BCUT2D eigenvalue weighted by atomic mass is 19.4. The number of ether oxygens (including phenoxy) is 2. The number of carboxylic acid groups (broad SMARTS) is 1. The molecule has 0 heterocycles. The van der Waals surface area contributed by atoms with Crippen LogP contribution in [0.4, 0.5) is 18.0 Å². The minimum Gasteiger partial charge on any atom is -0.497 e. The van der Waals surface area contributed by atoms with Crippen molar-refractivity contribution in [2.75, 3.05) is 7.11 Å². The third-order valence-electron chi connectivity index (χ3n) is 3.10. The fourth-order valence-corrected chi connectivity index (χ4v) is 2.08. The van der Waals surface area contributed by atoms with Crippen LogP contribution in [0.1, 0.15) is 32.4 Å². The smallest absolute Gasteiger partial charge is 0.408 e. The first-order valence-corrected chi connectivity index (χ1v) is 7.28. The van der Waals surface area contributed by atoms with Crippen molar-refractivity contribution in [1.82, 2.24) is 5.32 Å². The van der Waals surface area contributed by atoms with Gasteiger partial charge in [-0.1, -0.05) is 12.1 Å². The molecule has 1 amide bonds. The number of alkyl carbamates (subject to hydrolysis) is 1. The SMILES string of the molecule is COc1ccc([C@@H](NC(=O)OC(C)(C)C)[C@@H](C(=O)O)C(F)(F)F)cc1. The van der Waals surface area contributed by atoms with Crippen LogP contribution in [0.15, 0.2) is 24.3 Å². The van der Waals surface area contributed by atoms with Crippen molar-refractivity contribution in [3.63, 3.8) is 0 Å². The average molecular weight is 363 g/mol. The molecule has 140 valence electrons. The summed E-state index contributed by atoms with van der Waals surface area (Å²) in [4.78, 5) is 23.1. The molecule has 0 saturated heterocycles. The molecular formula is C16H20F3NO5. The van der Waals surface area contributed by atoms with Gasteiger partial charge in [0.25, 0.3) is 0 Å². The predicted molar refractivity (Wildman–Crippen MR) is 82.3 cm³/mol. The maximum Gasteiger partial charge on any atom is 0.408 e.